The lowest BCUT2D eigenvalue weighted by Crippen LogP contribution is -2.39. The number of rotatable bonds is 9. The third-order valence-electron chi connectivity index (χ3n) is 8.95. The number of nitrogens with one attached hydrogen (secondary N) is 3. The fraction of sp³-hybridized carbons (Fsp3) is 0.229. The molecule has 51 heavy (non-hydrogen) atoms. The second-order valence-electron chi connectivity index (χ2n) is 12.5. The second kappa shape index (κ2) is 14.2. The van der Waals surface area contributed by atoms with Gasteiger partial charge in [-0.25, -0.2) is 26.8 Å². The van der Waals surface area contributed by atoms with Crippen LogP contribution in [0.25, 0.3) is 10.9 Å². The van der Waals surface area contributed by atoms with E-state index in [1.807, 2.05) is 60.2 Å². The van der Waals surface area contributed by atoms with Crippen molar-refractivity contribution in [2.24, 2.45) is 5.73 Å². The van der Waals surface area contributed by atoms with Gasteiger partial charge in [-0.1, -0.05) is 30.3 Å². The van der Waals surface area contributed by atoms with Gasteiger partial charge in [-0.3, -0.25) is 14.2 Å². The predicted molar refractivity (Wildman–Crippen MR) is 200 cm³/mol. The molecule has 2 aliphatic rings. The molecule has 1 amide bonds. The number of para-hydroxylation sites is 1. The van der Waals surface area contributed by atoms with Crippen molar-refractivity contribution in [3.05, 3.63) is 118 Å². The highest BCUT2D eigenvalue weighted by Gasteiger charge is 2.28. The van der Waals surface area contributed by atoms with Crippen LogP contribution in [0.15, 0.2) is 106 Å². The number of sulfonamides is 2. The predicted octanol–water partition coefficient (Wildman–Crippen LogP) is 5.11. The topological polar surface area (TPSA) is 178 Å². The summed E-state index contributed by atoms with van der Waals surface area (Å²) in [5, 5.41) is 8.38. The zero-order valence-electron chi connectivity index (χ0n) is 27.4. The van der Waals surface area contributed by atoms with Crippen LogP contribution in [0.4, 0.5) is 10.3 Å². The molecule has 264 valence electrons. The molecule has 0 radical (unpaired) electrons. The Bertz CT molecular complexity index is 2410. The van der Waals surface area contributed by atoms with E-state index in [0.29, 0.717) is 23.1 Å². The zero-order valence-corrected chi connectivity index (χ0v) is 30.7. The summed E-state index contributed by atoms with van der Waals surface area (Å²) in [4.78, 5) is 21.3. The van der Waals surface area contributed by atoms with Gasteiger partial charge in [-0.05, 0) is 96.6 Å². The normalized spacial score (nSPS) is 17.2. The van der Waals surface area contributed by atoms with Crippen LogP contribution in [0.2, 0.25) is 0 Å². The van der Waals surface area contributed by atoms with E-state index in [1.54, 1.807) is 47.4 Å². The van der Waals surface area contributed by atoms with Gasteiger partial charge in [0.15, 0.2) is 10.3 Å². The first-order chi connectivity index (χ1) is 24.4. The van der Waals surface area contributed by atoms with Crippen molar-refractivity contribution in [3.63, 3.8) is 0 Å². The molecule has 0 bridgehead atoms. The van der Waals surface area contributed by atoms with Gasteiger partial charge in [0.2, 0.25) is 5.91 Å². The number of benzene rings is 3. The van der Waals surface area contributed by atoms with Crippen LogP contribution in [0.5, 0.6) is 0 Å². The number of nitrogens with zero attached hydrogens (tertiary/aromatic N) is 3. The molecule has 0 aliphatic heterocycles. The van der Waals surface area contributed by atoms with E-state index >= 15 is 0 Å². The summed E-state index contributed by atoms with van der Waals surface area (Å²) in [5.41, 5.74) is 11.1. The fourth-order valence-corrected chi connectivity index (χ4v) is 10.1. The van der Waals surface area contributed by atoms with Crippen molar-refractivity contribution in [3.8, 4) is 0 Å². The third-order valence-corrected chi connectivity index (χ3v) is 13.3. The molecule has 3 aromatic carbocycles. The van der Waals surface area contributed by atoms with Crippen molar-refractivity contribution in [2.75, 3.05) is 9.44 Å². The Morgan fingerprint density at radius 1 is 0.784 bits per heavy atom. The van der Waals surface area contributed by atoms with Crippen molar-refractivity contribution in [2.45, 2.75) is 60.5 Å². The first kappa shape index (κ1) is 34.8. The Morgan fingerprint density at radius 3 is 1.94 bits per heavy atom. The van der Waals surface area contributed by atoms with E-state index in [1.165, 1.54) is 22.7 Å². The van der Waals surface area contributed by atoms with Gasteiger partial charge in [-0.15, -0.1) is 22.7 Å². The highest BCUT2D eigenvalue weighted by molar-refractivity contribution is 7.93. The van der Waals surface area contributed by atoms with Gasteiger partial charge in [-0.2, -0.15) is 0 Å². The molecule has 6 aromatic rings. The first-order valence-corrected chi connectivity index (χ1v) is 20.9. The number of hydrogen-bond acceptors (Lipinski definition) is 10. The number of thiazole rings is 2. The van der Waals surface area contributed by atoms with Crippen LogP contribution >= 0.6 is 22.7 Å². The fourth-order valence-electron chi connectivity index (χ4n) is 6.45. The molecule has 0 saturated carbocycles. The molecular formula is C35H35N7O5S4. The summed E-state index contributed by atoms with van der Waals surface area (Å²) in [5.74, 6) is -0.0533. The van der Waals surface area contributed by atoms with Crippen LogP contribution in [0, 0.1) is 0 Å². The number of fused-ring (bicyclic) bond motifs is 3. The van der Waals surface area contributed by atoms with Crippen molar-refractivity contribution in [1.82, 2.24) is 19.9 Å². The van der Waals surface area contributed by atoms with Crippen LogP contribution in [-0.4, -0.2) is 49.4 Å². The van der Waals surface area contributed by atoms with E-state index in [4.69, 9.17) is 5.73 Å². The highest BCUT2D eigenvalue weighted by atomic mass is 32.2. The Morgan fingerprint density at radius 2 is 1.33 bits per heavy atom. The number of aromatic nitrogens is 3. The third kappa shape index (κ3) is 7.69. The summed E-state index contributed by atoms with van der Waals surface area (Å²) in [7, 11) is -7.27. The molecule has 3 atom stereocenters. The molecule has 5 N–H and O–H groups in total. The molecule has 3 aromatic heterocycles. The number of anilines is 2. The Balaban J connectivity index is 0.000000182. The minimum absolute atomic E-state index is 0.0533. The van der Waals surface area contributed by atoms with Crippen LogP contribution in [-0.2, 0) is 50.5 Å². The van der Waals surface area contributed by atoms with Crippen molar-refractivity contribution in [1.29, 1.82) is 0 Å². The summed E-state index contributed by atoms with van der Waals surface area (Å²) in [6.45, 7) is 1.89. The van der Waals surface area contributed by atoms with E-state index in [0.717, 1.165) is 46.0 Å². The lowest BCUT2D eigenvalue weighted by atomic mass is 10.1. The largest absolute Gasteiger partial charge is 0.351 e. The molecule has 8 rings (SSSR count). The van der Waals surface area contributed by atoms with Crippen LogP contribution in [0.1, 0.15) is 35.2 Å². The van der Waals surface area contributed by atoms with Gasteiger partial charge in [0, 0.05) is 47.0 Å². The van der Waals surface area contributed by atoms with E-state index in [-0.39, 0.29) is 33.8 Å². The minimum Gasteiger partial charge on any atom is -0.351 e. The van der Waals surface area contributed by atoms with Gasteiger partial charge in [0.25, 0.3) is 20.0 Å². The molecular weight excluding hydrogens is 727 g/mol. The molecule has 16 heteroatoms. The lowest BCUT2D eigenvalue weighted by molar-refractivity contribution is -0.124. The van der Waals surface area contributed by atoms with Crippen LogP contribution < -0.4 is 20.5 Å². The SMILES string of the molecule is CC(C(=O)NC1Cc2ccc(S(=O)(=O)Nc3nccs3)cc2C1)n1ccc2ccccc21.NC1Cc2ccc(S(=O)(=O)Nc3nccs3)cc2C1. The van der Waals surface area contributed by atoms with E-state index in [2.05, 4.69) is 24.7 Å². The zero-order chi connectivity index (χ0) is 35.8. The highest BCUT2D eigenvalue weighted by Crippen LogP contribution is 2.28. The monoisotopic (exact) mass is 761 g/mol. The molecule has 3 heterocycles. The molecule has 0 saturated heterocycles. The van der Waals surface area contributed by atoms with Gasteiger partial charge < -0.3 is 15.6 Å². The lowest BCUT2D eigenvalue weighted by Gasteiger charge is -2.19. The average molecular weight is 762 g/mol. The van der Waals surface area contributed by atoms with Gasteiger partial charge >= 0.3 is 0 Å². The van der Waals surface area contributed by atoms with E-state index in [9.17, 15) is 21.6 Å². The van der Waals surface area contributed by atoms with Crippen LogP contribution in [0.3, 0.4) is 0 Å². The van der Waals surface area contributed by atoms with E-state index < -0.39 is 20.0 Å². The summed E-state index contributed by atoms with van der Waals surface area (Å²) in [6.07, 6.45) is 7.87. The standard InChI is InChI=1S/C23H22N4O3S2.C12H13N3O2S2/c1-15(27-10-8-16-4-2-3-5-21(16)27)22(28)25-19-12-17-6-7-20(14-18(17)13-19)32(29,30)26-23-24-9-11-31-23;13-10-5-8-1-2-11(7-9(8)6-10)19(16,17)15-12-14-3-4-18-12/h2-11,14-15,19H,12-13H2,1H3,(H,24,26)(H,25,28);1-4,7,10H,5-6,13H2,(H,14,15). The number of hydrogen-bond donors (Lipinski definition) is 4. The molecule has 3 unspecified atom stereocenters. The summed E-state index contributed by atoms with van der Waals surface area (Å²) in [6, 6.07) is 20.0. The molecule has 0 spiro atoms. The summed E-state index contributed by atoms with van der Waals surface area (Å²) >= 11 is 2.48. The smallest absolute Gasteiger partial charge is 0.263 e. The maximum Gasteiger partial charge on any atom is 0.263 e. The maximum absolute atomic E-state index is 13.0. The maximum atomic E-state index is 13.0. The Labute approximate surface area is 303 Å². The number of carbonyl (C=O) groups excluding carboxylic acids is 1. The minimum atomic E-state index is -3.70. The van der Waals surface area contributed by atoms with Crippen molar-refractivity contribution < 1.29 is 21.6 Å². The Kier molecular flexibility index (Phi) is 9.69. The van der Waals surface area contributed by atoms with Gasteiger partial charge in [0.05, 0.1) is 9.79 Å². The number of nitrogens with two attached hydrogens (primary N) is 1. The molecule has 12 nitrogen and oxygen atoms in total. The van der Waals surface area contributed by atoms with Gasteiger partial charge in [0.1, 0.15) is 6.04 Å². The first-order valence-electron chi connectivity index (χ1n) is 16.1. The molecule has 2 aliphatic carbocycles. The number of amides is 1. The summed E-state index contributed by atoms with van der Waals surface area (Å²) < 4.78 is 56.7. The second-order valence-corrected chi connectivity index (χ2v) is 17.6. The van der Waals surface area contributed by atoms with Crippen molar-refractivity contribution >= 4 is 69.8 Å². The Hall–Kier alpha value is -4.61. The number of carbonyl (C=O) groups is 1. The average Bonchev–Trinajstić information content (AvgIpc) is 3.94. The molecule has 0 fully saturated rings. The quantitative estimate of drug-likeness (QED) is 0.157.